The topological polar surface area (TPSA) is 40.6 Å². The molecular formula is C25H25FN2O2S. The van der Waals surface area contributed by atoms with Crippen molar-refractivity contribution in [3.8, 4) is 0 Å². The third-order valence-electron chi connectivity index (χ3n) is 4.78. The van der Waals surface area contributed by atoms with Gasteiger partial charge >= 0.3 is 0 Å². The molecule has 0 aliphatic rings. The number of halogens is 1. The molecule has 0 aliphatic carbocycles. The van der Waals surface area contributed by atoms with Gasteiger partial charge in [-0.3, -0.25) is 9.59 Å². The van der Waals surface area contributed by atoms with Crippen molar-refractivity contribution in [3.05, 3.63) is 106 Å². The molecule has 3 rings (SSSR count). The lowest BCUT2D eigenvalue weighted by Gasteiger charge is -2.27. The normalized spacial score (nSPS) is 10.5. The molecule has 2 amide bonds. The summed E-state index contributed by atoms with van der Waals surface area (Å²) in [6.45, 7) is 6.56. The van der Waals surface area contributed by atoms with Crippen LogP contribution in [-0.2, 0) is 17.9 Å². The maximum absolute atomic E-state index is 14.1. The van der Waals surface area contributed by atoms with Crippen LogP contribution in [-0.4, -0.2) is 34.7 Å². The Morgan fingerprint density at radius 3 is 2.32 bits per heavy atom. The number of carbonyl (C=O) groups excluding carboxylic acids is 2. The van der Waals surface area contributed by atoms with E-state index in [2.05, 4.69) is 6.58 Å². The van der Waals surface area contributed by atoms with E-state index in [0.717, 1.165) is 10.4 Å². The van der Waals surface area contributed by atoms with Crippen LogP contribution in [0.15, 0.2) is 79.4 Å². The number of nitrogens with zero attached hydrogens (tertiary/aromatic N) is 2. The van der Waals surface area contributed by atoms with Crippen LogP contribution in [0.4, 0.5) is 4.39 Å². The summed E-state index contributed by atoms with van der Waals surface area (Å²) in [6, 6.07) is 19.5. The lowest BCUT2D eigenvalue weighted by atomic mass is 10.1. The van der Waals surface area contributed by atoms with E-state index in [4.69, 9.17) is 0 Å². The zero-order valence-corrected chi connectivity index (χ0v) is 18.3. The van der Waals surface area contributed by atoms with Gasteiger partial charge in [0.05, 0.1) is 12.1 Å². The van der Waals surface area contributed by atoms with Crippen molar-refractivity contribution >= 4 is 23.2 Å². The third-order valence-corrected chi connectivity index (χ3v) is 5.76. The van der Waals surface area contributed by atoms with Crippen molar-refractivity contribution < 1.29 is 14.0 Å². The number of hydrogen-bond donors (Lipinski definition) is 0. The van der Waals surface area contributed by atoms with E-state index in [-0.39, 0.29) is 24.6 Å². The van der Waals surface area contributed by atoms with Crippen molar-refractivity contribution in [2.75, 3.05) is 13.1 Å². The molecule has 6 heteroatoms. The Bertz CT molecular complexity index is 1050. The van der Waals surface area contributed by atoms with E-state index >= 15 is 0 Å². The second-order valence-corrected chi connectivity index (χ2v) is 8.57. The summed E-state index contributed by atoms with van der Waals surface area (Å²) in [4.78, 5) is 31.5. The molecule has 31 heavy (non-hydrogen) atoms. The van der Waals surface area contributed by atoms with Gasteiger partial charge in [-0.25, -0.2) is 4.39 Å². The van der Waals surface area contributed by atoms with Gasteiger partial charge in [0.2, 0.25) is 5.91 Å². The van der Waals surface area contributed by atoms with Gasteiger partial charge in [-0.15, -0.1) is 17.9 Å². The molecule has 0 atom stereocenters. The molecule has 3 aromatic rings. The molecule has 2 aromatic carbocycles. The number of amides is 2. The standard InChI is InChI=1S/C25H25FN2O2S/c1-3-15-27(25(30)22-11-7-8-12-23(22)26)18-24(29)28(16-20-9-5-4-6-10-20)17-21-14-13-19(2)31-21/h3-14H,1,15-18H2,2H3. The monoisotopic (exact) mass is 436 g/mol. The van der Waals surface area contributed by atoms with Gasteiger partial charge in [-0.2, -0.15) is 0 Å². The first-order valence-electron chi connectivity index (χ1n) is 9.99. The molecule has 0 bridgehead atoms. The van der Waals surface area contributed by atoms with Gasteiger partial charge in [-0.05, 0) is 36.8 Å². The zero-order valence-electron chi connectivity index (χ0n) is 17.5. The first-order chi connectivity index (χ1) is 15.0. The molecule has 0 unspecified atom stereocenters. The number of benzene rings is 2. The Balaban J connectivity index is 1.81. The maximum Gasteiger partial charge on any atom is 0.257 e. The second kappa shape index (κ2) is 10.7. The highest BCUT2D eigenvalue weighted by Crippen LogP contribution is 2.19. The van der Waals surface area contributed by atoms with Gasteiger partial charge < -0.3 is 9.80 Å². The van der Waals surface area contributed by atoms with Gasteiger partial charge in [0.25, 0.3) is 5.91 Å². The molecule has 1 heterocycles. The highest BCUT2D eigenvalue weighted by molar-refractivity contribution is 7.11. The Morgan fingerprint density at radius 2 is 1.68 bits per heavy atom. The average Bonchev–Trinajstić information content (AvgIpc) is 3.18. The minimum absolute atomic E-state index is 0.0550. The van der Waals surface area contributed by atoms with Gasteiger partial charge in [0.1, 0.15) is 12.4 Å². The lowest BCUT2D eigenvalue weighted by molar-refractivity contribution is -0.133. The molecule has 1 aromatic heterocycles. The molecule has 0 spiro atoms. The summed E-state index contributed by atoms with van der Waals surface area (Å²) in [7, 11) is 0. The van der Waals surface area contributed by atoms with Crippen LogP contribution < -0.4 is 0 Å². The predicted molar refractivity (Wildman–Crippen MR) is 122 cm³/mol. The van der Waals surface area contributed by atoms with Crippen LogP contribution in [0.5, 0.6) is 0 Å². The summed E-state index contributed by atoms with van der Waals surface area (Å²) in [5.74, 6) is -1.34. The largest absolute Gasteiger partial charge is 0.332 e. The van der Waals surface area contributed by atoms with Crippen molar-refractivity contribution in [1.29, 1.82) is 0 Å². The predicted octanol–water partition coefficient (Wildman–Crippen LogP) is 5.05. The minimum atomic E-state index is -0.607. The van der Waals surface area contributed by atoms with Gasteiger partial charge in [0, 0.05) is 22.8 Å². The molecule has 160 valence electrons. The molecule has 0 aliphatic heterocycles. The Kier molecular flexibility index (Phi) is 7.73. The Hall–Kier alpha value is -3.25. The fraction of sp³-hybridized carbons (Fsp3) is 0.200. The zero-order chi connectivity index (χ0) is 22.2. The molecule has 0 radical (unpaired) electrons. The number of hydrogen-bond acceptors (Lipinski definition) is 3. The second-order valence-electron chi connectivity index (χ2n) is 7.20. The summed E-state index contributed by atoms with van der Waals surface area (Å²) >= 11 is 1.64. The summed E-state index contributed by atoms with van der Waals surface area (Å²) in [5.41, 5.74) is 0.945. The van der Waals surface area contributed by atoms with E-state index in [0.29, 0.717) is 13.1 Å². The number of carbonyl (C=O) groups is 2. The van der Waals surface area contributed by atoms with E-state index in [1.54, 1.807) is 22.3 Å². The van der Waals surface area contributed by atoms with E-state index < -0.39 is 11.7 Å². The summed E-state index contributed by atoms with van der Waals surface area (Å²) in [6.07, 6.45) is 1.54. The summed E-state index contributed by atoms with van der Waals surface area (Å²) < 4.78 is 14.1. The maximum atomic E-state index is 14.1. The smallest absolute Gasteiger partial charge is 0.257 e. The van der Waals surface area contributed by atoms with E-state index in [1.807, 2.05) is 49.4 Å². The Morgan fingerprint density at radius 1 is 0.968 bits per heavy atom. The highest BCUT2D eigenvalue weighted by Gasteiger charge is 2.24. The fourth-order valence-corrected chi connectivity index (χ4v) is 4.14. The minimum Gasteiger partial charge on any atom is -0.332 e. The van der Waals surface area contributed by atoms with Crippen LogP contribution in [0.25, 0.3) is 0 Å². The van der Waals surface area contributed by atoms with Crippen LogP contribution in [0.1, 0.15) is 25.7 Å². The number of thiophene rings is 1. The Labute approximate surface area is 186 Å². The van der Waals surface area contributed by atoms with E-state index in [1.165, 1.54) is 34.1 Å². The van der Waals surface area contributed by atoms with Gasteiger partial charge in [-0.1, -0.05) is 48.5 Å². The molecule has 0 N–H and O–H groups in total. The first kappa shape index (κ1) is 22.4. The molecule has 4 nitrogen and oxygen atoms in total. The van der Waals surface area contributed by atoms with Crippen LogP contribution in [0.2, 0.25) is 0 Å². The molecule has 0 saturated carbocycles. The van der Waals surface area contributed by atoms with E-state index in [9.17, 15) is 14.0 Å². The number of aryl methyl sites for hydroxylation is 1. The van der Waals surface area contributed by atoms with Crippen molar-refractivity contribution in [1.82, 2.24) is 9.80 Å². The quantitative estimate of drug-likeness (QED) is 0.440. The van der Waals surface area contributed by atoms with Crippen molar-refractivity contribution in [3.63, 3.8) is 0 Å². The summed E-state index contributed by atoms with van der Waals surface area (Å²) in [5, 5.41) is 0. The SMILES string of the molecule is C=CCN(CC(=O)N(Cc1ccccc1)Cc1ccc(C)s1)C(=O)c1ccccc1F. The lowest BCUT2D eigenvalue weighted by Crippen LogP contribution is -2.42. The van der Waals surface area contributed by atoms with Gasteiger partial charge in [0.15, 0.2) is 0 Å². The van der Waals surface area contributed by atoms with Crippen molar-refractivity contribution in [2.24, 2.45) is 0 Å². The average molecular weight is 437 g/mol. The molecule has 0 saturated heterocycles. The van der Waals surface area contributed by atoms with Crippen LogP contribution in [0, 0.1) is 12.7 Å². The fourth-order valence-electron chi connectivity index (χ4n) is 3.24. The first-order valence-corrected chi connectivity index (χ1v) is 10.8. The molecule has 0 fully saturated rings. The van der Waals surface area contributed by atoms with Crippen LogP contribution in [0.3, 0.4) is 0 Å². The van der Waals surface area contributed by atoms with Crippen molar-refractivity contribution in [2.45, 2.75) is 20.0 Å². The highest BCUT2D eigenvalue weighted by atomic mass is 32.1. The number of rotatable bonds is 9. The third kappa shape index (κ3) is 6.12. The molecular weight excluding hydrogens is 411 g/mol. The van der Waals surface area contributed by atoms with Crippen LogP contribution >= 0.6 is 11.3 Å².